The number of fused-ring (bicyclic) bond motifs is 4. The van der Waals surface area contributed by atoms with Gasteiger partial charge < -0.3 is 9.64 Å². The maximum Gasteiger partial charge on any atom is 0.119 e. The summed E-state index contributed by atoms with van der Waals surface area (Å²) in [7, 11) is 1.77. The fourth-order valence-electron chi connectivity index (χ4n) is 5.34. The fourth-order valence-corrected chi connectivity index (χ4v) is 5.34. The molecule has 0 N–H and O–H groups in total. The number of benzene rings is 2. The monoisotopic (exact) mass is 348 g/mol. The van der Waals surface area contributed by atoms with Gasteiger partial charge in [-0.25, -0.2) is 0 Å². The van der Waals surface area contributed by atoms with Crippen molar-refractivity contribution in [3.63, 3.8) is 0 Å². The molecule has 1 aliphatic carbocycles. The second kappa shape index (κ2) is 6.62. The normalized spacial score (nSPS) is 27.6. The van der Waals surface area contributed by atoms with Crippen molar-refractivity contribution in [1.82, 2.24) is 4.90 Å². The molecule has 3 heterocycles. The molecular weight excluding hydrogens is 320 g/mol. The first-order chi connectivity index (χ1) is 12.8. The molecule has 3 unspecified atom stereocenters. The SMILES string of the molecule is COc1ccc2c(c1)C(CN1CC3CCC1CN3c1ccccc1)CC2. The zero-order valence-corrected chi connectivity index (χ0v) is 15.6. The van der Waals surface area contributed by atoms with Crippen LogP contribution < -0.4 is 9.64 Å². The van der Waals surface area contributed by atoms with Crippen LogP contribution in [0.4, 0.5) is 5.69 Å². The molecule has 0 radical (unpaired) electrons. The van der Waals surface area contributed by atoms with Crippen LogP contribution in [-0.4, -0.2) is 43.7 Å². The highest BCUT2D eigenvalue weighted by Crippen LogP contribution is 2.39. The predicted octanol–water partition coefficient (Wildman–Crippen LogP) is 4.08. The van der Waals surface area contributed by atoms with E-state index in [0.29, 0.717) is 18.0 Å². The lowest BCUT2D eigenvalue weighted by Crippen LogP contribution is -2.63. The van der Waals surface area contributed by atoms with Crippen molar-refractivity contribution in [2.75, 3.05) is 31.6 Å². The number of hydrogen-bond donors (Lipinski definition) is 0. The number of aryl methyl sites for hydroxylation is 1. The second-order valence-corrected chi connectivity index (χ2v) is 8.13. The molecule has 3 aliphatic heterocycles. The maximum absolute atomic E-state index is 5.47. The molecule has 4 aliphatic rings. The molecule has 2 bridgehead atoms. The Balaban J connectivity index is 1.31. The summed E-state index contributed by atoms with van der Waals surface area (Å²) in [5.74, 6) is 1.68. The first-order valence-corrected chi connectivity index (χ1v) is 10.0. The Hall–Kier alpha value is -2.00. The standard InChI is InChI=1S/C23H28N2O/c1-26-22-12-9-17-7-8-18(23(17)13-22)14-24-15-21-11-10-20(24)16-25(21)19-5-3-2-4-6-19/h2-6,9,12-13,18,20-21H,7-8,10-11,14-16H2,1H3. The number of anilines is 1. The molecule has 26 heavy (non-hydrogen) atoms. The van der Waals surface area contributed by atoms with Gasteiger partial charge in [-0.2, -0.15) is 0 Å². The number of nitrogens with zero attached hydrogens (tertiary/aromatic N) is 2. The Kier molecular flexibility index (Phi) is 4.12. The Morgan fingerprint density at radius 3 is 2.58 bits per heavy atom. The van der Waals surface area contributed by atoms with E-state index in [0.717, 1.165) is 5.75 Å². The minimum atomic E-state index is 0.671. The van der Waals surface area contributed by atoms with Crippen LogP contribution in [0.25, 0.3) is 0 Å². The van der Waals surface area contributed by atoms with Crippen LogP contribution in [0, 0.1) is 0 Å². The van der Waals surface area contributed by atoms with E-state index >= 15 is 0 Å². The summed E-state index contributed by atoms with van der Waals surface area (Å²) in [5, 5.41) is 0. The quantitative estimate of drug-likeness (QED) is 0.828. The highest BCUT2D eigenvalue weighted by Gasteiger charge is 2.40. The molecule has 3 fully saturated rings. The molecule has 3 nitrogen and oxygen atoms in total. The highest BCUT2D eigenvalue weighted by atomic mass is 16.5. The van der Waals surface area contributed by atoms with E-state index in [1.54, 1.807) is 7.11 Å². The molecule has 3 saturated heterocycles. The Morgan fingerprint density at radius 2 is 1.81 bits per heavy atom. The van der Waals surface area contributed by atoms with Gasteiger partial charge in [0.1, 0.15) is 5.75 Å². The Morgan fingerprint density at radius 1 is 0.962 bits per heavy atom. The molecule has 3 heteroatoms. The summed E-state index contributed by atoms with van der Waals surface area (Å²) in [6.07, 6.45) is 5.21. The van der Waals surface area contributed by atoms with Crippen LogP contribution >= 0.6 is 0 Å². The smallest absolute Gasteiger partial charge is 0.119 e. The van der Waals surface area contributed by atoms with Gasteiger partial charge in [-0.05, 0) is 67.0 Å². The summed E-state index contributed by atoms with van der Waals surface area (Å²) in [6, 6.07) is 19.0. The lowest BCUT2D eigenvalue weighted by molar-refractivity contribution is 0.0894. The lowest BCUT2D eigenvalue weighted by atomic mass is 9.88. The van der Waals surface area contributed by atoms with Gasteiger partial charge in [-0.15, -0.1) is 0 Å². The van der Waals surface area contributed by atoms with Crippen molar-refractivity contribution < 1.29 is 4.74 Å². The predicted molar refractivity (Wildman–Crippen MR) is 106 cm³/mol. The van der Waals surface area contributed by atoms with E-state index in [2.05, 4.69) is 58.3 Å². The van der Waals surface area contributed by atoms with E-state index in [-0.39, 0.29) is 0 Å². The van der Waals surface area contributed by atoms with Crippen LogP contribution in [0.3, 0.4) is 0 Å². The van der Waals surface area contributed by atoms with Gasteiger partial charge in [0.05, 0.1) is 7.11 Å². The molecule has 2 aromatic carbocycles. The first-order valence-electron chi connectivity index (χ1n) is 10.0. The summed E-state index contributed by atoms with van der Waals surface area (Å²) in [6.45, 7) is 3.62. The summed E-state index contributed by atoms with van der Waals surface area (Å²) >= 11 is 0. The minimum absolute atomic E-state index is 0.671. The average molecular weight is 348 g/mol. The first kappa shape index (κ1) is 16.2. The van der Waals surface area contributed by atoms with Crippen molar-refractivity contribution in [1.29, 1.82) is 0 Å². The number of methoxy groups -OCH3 is 1. The zero-order chi connectivity index (χ0) is 17.5. The number of piperidine rings is 2. The number of piperazine rings is 1. The van der Waals surface area contributed by atoms with Gasteiger partial charge >= 0.3 is 0 Å². The van der Waals surface area contributed by atoms with E-state index in [1.807, 2.05) is 0 Å². The number of rotatable bonds is 4. The van der Waals surface area contributed by atoms with Crippen LogP contribution in [0.2, 0.25) is 0 Å². The maximum atomic E-state index is 5.47. The van der Waals surface area contributed by atoms with Gasteiger partial charge in [-0.1, -0.05) is 24.3 Å². The molecule has 0 spiro atoms. The number of hydrogen-bond acceptors (Lipinski definition) is 3. The van der Waals surface area contributed by atoms with Crippen LogP contribution in [0.1, 0.15) is 36.3 Å². The third-order valence-corrected chi connectivity index (χ3v) is 6.74. The molecule has 136 valence electrons. The van der Waals surface area contributed by atoms with Crippen LogP contribution in [-0.2, 0) is 6.42 Å². The number of ether oxygens (including phenoxy) is 1. The molecule has 0 amide bonds. The van der Waals surface area contributed by atoms with Gasteiger partial charge in [0.15, 0.2) is 0 Å². The third-order valence-electron chi connectivity index (χ3n) is 6.74. The summed E-state index contributed by atoms with van der Waals surface area (Å²) in [5.41, 5.74) is 4.47. The largest absolute Gasteiger partial charge is 0.497 e. The molecule has 0 saturated carbocycles. The van der Waals surface area contributed by atoms with Crippen LogP contribution in [0.15, 0.2) is 48.5 Å². The van der Waals surface area contributed by atoms with Gasteiger partial charge in [-0.3, -0.25) is 4.90 Å². The topological polar surface area (TPSA) is 15.7 Å². The lowest BCUT2D eigenvalue weighted by Gasteiger charge is -2.53. The van der Waals surface area contributed by atoms with Gasteiger partial charge in [0.25, 0.3) is 0 Å². The summed E-state index contributed by atoms with van der Waals surface area (Å²) in [4.78, 5) is 5.43. The average Bonchev–Trinajstić information content (AvgIpc) is 3.11. The molecular formula is C23H28N2O. The van der Waals surface area contributed by atoms with E-state index in [1.165, 1.54) is 62.1 Å². The minimum Gasteiger partial charge on any atom is -0.497 e. The van der Waals surface area contributed by atoms with Crippen LogP contribution in [0.5, 0.6) is 5.75 Å². The molecule has 6 rings (SSSR count). The van der Waals surface area contributed by atoms with E-state index in [9.17, 15) is 0 Å². The van der Waals surface area contributed by atoms with Gasteiger partial charge in [0.2, 0.25) is 0 Å². The van der Waals surface area contributed by atoms with Crippen molar-refractivity contribution in [3.8, 4) is 5.75 Å². The fraction of sp³-hybridized carbons (Fsp3) is 0.478. The number of para-hydroxylation sites is 1. The Labute approximate surface area is 156 Å². The third kappa shape index (κ3) is 2.79. The van der Waals surface area contributed by atoms with E-state index in [4.69, 9.17) is 4.74 Å². The van der Waals surface area contributed by atoms with Gasteiger partial charge in [0, 0.05) is 37.4 Å². The highest BCUT2D eigenvalue weighted by molar-refractivity contribution is 5.49. The zero-order valence-electron chi connectivity index (χ0n) is 15.6. The van der Waals surface area contributed by atoms with Crippen molar-refractivity contribution in [2.45, 2.75) is 43.7 Å². The molecule has 2 aromatic rings. The van der Waals surface area contributed by atoms with Crippen molar-refractivity contribution in [3.05, 3.63) is 59.7 Å². The van der Waals surface area contributed by atoms with Crippen molar-refractivity contribution >= 4 is 5.69 Å². The summed E-state index contributed by atoms with van der Waals surface area (Å²) < 4.78 is 5.47. The van der Waals surface area contributed by atoms with Crippen molar-refractivity contribution in [2.24, 2.45) is 0 Å². The molecule has 0 aromatic heterocycles. The molecule has 3 atom stereocenters. The van der Waals surface area contributed by atoms with E-state index < -0.39 is 0 Å². The Bertz CT molecular complexity index is 775. The second-order valence-electron chi connectivity index (χ2n) is 8.13.